The second-order valence-electron chi connectivity index (χ2n) is 4.74. The topological polar surface area (TPSA) is 91.7 Å². The van der Waals surface area contributed by atoms with Crippen LogP contribution in [-0.2, 0) is 19.8 Å². The lowest BCUT2D eigenvalue weighted by Crippen LogP contribution is -2.42. The predicted molar refractivity (Wildman–Crippen MR) is 72.6 cm³/mol. The smallest absolute Gasteiger partial charge is 0.332 e. The number of rotatable bonds is 6. The van der Waals surface area contributed by atoms with E-state index in [9.17, 15) is 19.5 Å². The lowest BCUT2D eigenvalue weighted by molar-refractivity contribution is -0.147. The number of carbonyl (C=O) groups is 3. The maximum absolute atomic E-state index is 11.7. The molecule has 20 heavy (non-hydrogen) atoms. The van der Waals surface area contributed by atoms with Gasteiger partial charge in [-0.2, -0.15) is 0 Å². The maximum Gasteiger partial charge on any atom is 0.332 e. The van der Waals surface area contributed by atoms with Gasteiger partial charge in [-0.25, -0.2) is 4.79 Å². The Balaban J connectivity index is 3.56. The van der Waals surface area contributed by atoms with Gasteiger partial charge in [-0.15, -0.1) is 0 Å². The number of aliphatic carboxylic acids is 2. The van der Waals surface area contributed by atoms with Crippen LogP contribution in [0.2, 0.25) is 0 Å². The first-order valence-corrected chi connectivity index (χ1v) is 5.94. The van der Waals surface area contributed by atoms with Gasteiger partial charge in [-0.1, -0.05) is 36.4 Å². The average molecular weight is 276 g/mol. The van der Waals surface area contributed by atoms with Crippen molar-refractivity contribution in [2.75, 3.05) is 0 Å². The number of hydrogen-bond donors (Lipinski definition) is 2. The van der Waals surface area contributed by atoms with E-state index in [1.165, 1.54) is 19.1 Å². The monoisotopic (exact) mass is 276 g/mol. The highest BCUT2D eigenvalue weighted by molar-refractivity contribution is 6.03. The van der Waals surface area contributed by atoms with Crippen LogP contribution in [0.5, 0.6) is 0 Å². The van der Waals surface area contributed by atoms with Crippen LogP contribution in [0.25, 0.3) is 0 Å². The Labute approximate surface area is 116 Å². The zero-order valence-electron chi connectivity index (χ0n) is 11.3. The summed E-state index contributed by atoms with van der Waals surface area (Å²) >= 11 is 0. The molecule has 1 aromatic carbocycles. The summed E-state index contributed by atoms with van der Waals surface area (Å²) in [6.07, 6.45) is -0.448. The molecule has 0 heterocycles. The molecule has 0 aromatic heterocycles. The summed E-state index contributed by atoms with van der Waals surface area (Å²) in [5, 5.41) is 18.7. The van der Waals surface area contributed by atoms with E-state index in [1.807, 2.05) is 6.92 Å². The molecule has 106 valence electrons. The molecule has 5 heteroatoms. The highest BCUT2D eigenvalue weighted by atomic mass is 16.4. The second kappa shape index (κ2) is 5.69. The summed E-state index contributed by atoms with van der Waals surface area (Å²) in [7, 11) is 0. The van der Waals surface area contributed by atoms with E-state index in [0.717, 1.165) is 5.56 Å². The van der Waals surface area contributed by atoms with Crippen molar-refractivity contribution < 1.29 is 24.6 Å². The van der Waals surface area contributed by atoms with Crippen LogP contribution in [0.15, 0.2) is 36.4 Å². The zero-order valence-corrected chi connectivity index (χ0v) is 11.3. The first-order chi connectivity index (χ1) is 9.21. The molecule has 0 saturated carbocycles. The molecule has 0 saturated heterocycles. The minimum absolute atomic E-state index is 0.234. The molecule has 0 bridgehead atoms. The molecule has 0 aliphatic rings. The molecule has 2 N–H and O–H groups in total. The molecule has 0 amide bonds. The lowest BCUT2D eigenvalue weighted by atomic mass is 9.71. The fourth-order valence-corrected chi connectivity index (χ4v) is 2.11. The summed E-state index contributed by atoms with van der Waals surface area (Å²) in [5.41, 5.74) is -1.33. The molecule has 1 unspecified atom stereocenters. The van der Waals surface area contributed by atoms with Gasteiger partial charge in [0, 0.05) is 6.42 Å². The van der Waals surface area contributed by atoms with Gasteiger partial charge < -0.3 is 10.2 Å². The number of hydrogen-bond acceptors (Lipinski definition) is 3. The Morgan fingerprint density at radius 2 is 1.65 bits per heavy atom. The van der Waals surface area contributed by atoms with Gasteiger partial charge in [0.05, 0.1) is 5.57 Å². The van der Waals surface area contributed by atoms with Gasteiger partial charge in [-0.05, 0) is 19.4 Å². The summed E-state index contributed by atoms with van der Waals surface area (Å²) < 4.78 is 0. The van der Waals surface area contributed by atoms with Crippen molar-refractivity contribution in [3.05, 3.63) is 47.5 Å². The second-order valence-corrected chi connectivity index (χ2v) is 4.74. The van der Waals surface area contributed by atoms with Gasteiger partial charge in [0.15, 0.2) is 0 Å². The minimum Gasteiger partial charge on any atom is -0.480 e. The molecule has 1 rings (SSSR count). The number of Topliss-reactive ketones (excluding diaryl/α,β-unsaturated/α-hetero) is 1. The van der Waals surface area contributed by atoms with Crippen LogP contribution in [0.3, 0.4) is 0 Å². The van der Waals surface area contributed by atoms with E-state index in [-0.39, 0.29) is 5.56 Å². The normalized spacial score (nSPS) is 13.3. The molecule has 0 aliphatic carbocycles. The number of ketones is 1. The Morgan fingerprint density at radius 1 is 1.15 bits per heavy atom. The van der Waals surface area contributed by atoms with Crippen molar-refractivity contribution in [3.63, 3.8) is 0 Å². The quantitative estimate of drug-likeness (QED) is 0.775. The van der Waals surface area contributed by atoms with Crippen LogP contribution in [-0.4, -0.2) is 27.9 Å². The van der Waals surface area contributed by atoms with Gasteiger partial charge in [0.25, 0.3) is 0 Å². The molecule has 1 aromatic rings. The Kier molecular flexibility index (Phi) is 4.45. The van der Waals surface area contributed by atoms with Gasteiger partial charge in [-0.3, -0.25) is 9.59 Å². The predicted octanol–water partition coefficient (Wildman–Crippen LogP) is 1.94. The highest BCUT2D eigenvalue weighted by Crippen LogP contribution is 2.36. The van der Waals surface area contributed by atoms with Crippen molar-refractivity contribution in [1.29, 1.82) is 0 Å². The third-order valence-corrected chi connectivity index (χ3v) is 3.20. The SMILES string of the molecule is C=C(C(=O)O)C(CC(C)=O)(C(=O)O)c1ccc(C)cc1. The van der Waals surface area contributed by atoms with E-state index in [1.54, 1.807) is 12.1 Å². The van der Waals surface area contributed by atoms with Gasteiger partial charge >= 0.3 is 11.9 Å². The van der Waals surface area contributed by atoms with Crippen molar-refractivity contribution in [1.82, 2.24) is 0 Å². The molecule has 1 atom stereocenters. The minimum atomic E-state index is -1.94. The standard InChI is InChI=1S/C15H16O5/c1-9-4-6-12(7-5-9)15(14(19)20,8-10(2)16)11(3)13(17)18/h4-7H,3,8H2,1-2H3,(H,17,18)(H,19,20). The first-order valence-electron chi connectivity index (χ1n) is 5.94. The summed E-state index contributed by atoms with van der Waals surface area (Å²) in [6, 6.07) is 6.37. The third-order valence-electron chi connectivity index (χ3n) is 3.20. The van der Waals surface area contributed by atoms with Gasteiger partial charge in [0.1, 0.15) is 11.2 Å². The Bertz CT molecular complexity index is 570. The van der Waals surface area contributed by atoms with E-state index in [0.29, 0.717) is 0 Å². The van der Waals surface area contributed by atoms with Crippen LogP contribution >= 0.6 is 0 Å². The van der Waals surface area contributed by atoms with Crippen molar-refractivity contribution >= 4 is 17.7 Å². The van der Waals surface area contributed by atoms with E-state index < -0.39 is 35.1 Å². The summed E-state index contributed by atoms with van der Waals surface area (Å²) in [6.45, 7) is 6.41. The molecule has 5 nitrogen and oxygen atoms in total. The largest absolute Gasteiger partial charge is 0.480 e. The van der Waals surface area contributed by atoms with Crippen LogP contribution in [0.4, 0.5) is 0 Å². The fraction of sp³-hybridized carbons (Fsp3) is 0.267. The van der Waals surface area contributed by atoms with Crippen molar-refractivity contribution in [3.8, 4) is 0 Å². The molecular formula is C15H16O5. The molecule has 0 aliphatic heterocycles. The van der Waals surface area contributed by atoms with Crippen molar-refractivity contribution in [2.45, 2.75) is 25.7 Å². The first kappa shape index (κ1) is 15.6. The third kappa shape index (κ3) is 2.77. The van der Waals surface area contributed by atoms with E-state index in [2.05, 4.69) is 6.58 Å². The zero-order chi connectivity index (χ0) is 15.5. The number of carboxylic acids is 2. The molecule has 0 spiro atoms. The van der Waals surface area contributed by atoms with Gasteiger partial charge in [0.2, 0.25) is 0 Å². The van der Waals surface area contributed by atoms with E-state index in [4.69, 9.17) is 5.11 Å². The summed E-state index contributed by atoms with van der Waals surface area (Å²) in [5.74, 6) is -3.26. The Morgan fingerprint density at radius 3 is 2.00 bits per heavy atom. The average Bonchev–Trinajstić information content (AvgIpc) is 2.35. The maximum atomic E-state index is 11.7. The Hall–Kier alpha value is -2.43. The van der Waals surface area contributed by atoms with E-state index >= 15 is 0 Å². The lowest BCUT2D eigenvalue weighted by Gasteiger charge is -2.29. The number of carbonyl (C=O) groups excluding carboxylic acids is 1. The number of aryl methyl sites for hydroxylation is 1. The summed E-state index contributed by atoms with van der Waals surface area (Å²) in [4.78, 5) is 34.3. The molecule has 0 radical (unpaired) electrons. The molecule has 0 fully saturated rings. The van der Waals surface area contributed by atoms with Crippen LogP contribution in [0, 0.1) is 6.92 Å². The molecular weight excluding hydrogens is 260 g/mol. The van der Waals surface area contributed by atoms with Crippen LogP contribution < -0.4 is 0 Å². The fourth-order valence-electron chi connectivity index (χ4n) is 2.11. The number of carboxylic acid groups (broad SMARTS) is 2. The van der Waals surface area contributed by atoms with Crippen molar-refractivity contribution in [2.24, 2.45) is 0 Å². The highest BCUT2D eigenvalue weighted by Gasteiger charge is 2.47. The van der Waals surface area contributed by atoms with Crippen LogP contribution in [0.1, 0.15) is 24.5 Å². The number of benzene rings is 1.